The number of ether oxygens (including phenoxy) is 1. The van der Waals surface area contributed by atoms with Crippen LogP contribution < -0.4 is 4.90 Å². The molecule has 1 heterocycles. The lowest BCUT2D eigenvalue weighted by Crippen LogP contribution is -2.22. The third-order valence-corrected chi connectivity index (χ3v) is 4.90. The number of hydrogen-bond acceptors (Lipinski definition) is 5. The molecule has 0 aliphatic rings. The van der Waals surface area contributed by atoms with Gasteiger partial charge in [-0.1, -0.05) is 29.3 Å². The summed E-state index contributed by atoms with van der Waals surface area (Å²) in [4.78, 5) is 30.0. The van der Waals surface area contributed by atoms with Crippen molar-refractivity contribution < 1.29 is 14.3 Å². The van der Waals surface area contributed by atoms with Crippen LogP contribution in [-0.4, -0.2) is 16.9 Å². The van der Waals surface area contributed by atoms with Gasteiger partial charge in [-0.25, -0.2) is 9.78 Å². The highest BCUT2D eigenvalue weighted by molar-refractivity contribution is 7.14. The molecule has 0 bridgehead atoms. The van der Waals surface area contributed by atoms with Gasteiger partial charge in [-0.05, 0) is 42.5 Å². The molecule has 1 amide bonds. The molecule has 0 saturated carbocycles. The smallest absolute Gasteiger partial charge is 0.338 e. The first-order valence-electron chi connectivity index (χ1n) is 7.87. The average molecular weight is 421 g/mol. The number of anilines is 2. The van der Waals surface area contributed by atoms with Crippen molar-refractivity contribution in [2.75, 3.05) is 4.90 Å². The molecule has 0 atom stereocenters. The van der Waals surface area contributed by atoms with Crippen LogP contribution >= 0.6 is 34.5 Å². The Morgan fingerprint density at radius 3 is 2.52 bits per heavy atom. The zero-order valence-corrected chi connectivity index (χ0v) is 16.5. The molecule has 27 heavy (non-hydrogen) atoms. The zero-order valence-electron chi connectivity index (χ0n) is 14.2. The number of carbonyl (C=O) groups excluding carboxylic acids is 2. The maximum atomic E-state index is 12.1. The molecule has 2 aromatic carbocycles. The van der Waals surface area contributed by atoms with Crippen LogP contribution in [0.1, 0.15) is 23.0 Å². The Hall–Kier alpha value is -2.41. The lowest BCUT2D eigenvalue weighted by atomic mass is 10.2. The second-order valence-electron chi connectivity index (χ2n) is 5.54. The number of halogens is 2. The second kappa shape index (κ2) is 8.52. The summed E-state index contributed by atoms with van der Waals surface area (Å²) in [5.74, 6) is -0.671. The molecule has 3 rings (SSSR count). The summed E-state index contributed by atoms with van der Waals surface area (Å²) in [5.41, 5.74) is 1.57. The molecule has 0 spiro atoms. The van der Waals surface area contributed by atoms with E-state index in [1.165, 1.54) is 23.2 Å². The van der Waals surface area contributed by atoms with E-state index in [-0.39, 0.29) is 12.5 Å². The average Bonchev–Trinajstić information content (AvgIpc) is 3.08. The van der Waals surface area contributed by atoms with Gasteiger partial charge in [-0.3, -0.25) is 9.69 Å². The van der Waals surface area contributed by atoms with E-state index >= 15 is 0 Å². The van der Waals surface area contributed by atoms with Gasteiger partial charge in [-0.15, -0.1) is 11.3 Å². The van der Waals surface area contributed by atoms with Crippen molar-refractivity contribution in [2.24, 2.45) is 0 Å². The number of hydrogen-bond donors (Lipinski definition) is 0. The van der Waals surface area contributed by atoms with Gasteiger partial charge in [0.1, 0.15) is 6.61 Å². The van der Waals surface area contributed by atoms with Gasteiger partial charge in [-0.2, -0.15) is 0 Å². The van der Waals surface area contributed by atoms with Gasteiger partial charge in [0.15, 0.2) is 5.13 Å². The van der Waals surface area contributed by atoms with E-state index in [0.29, 0.717) is 32.1 Å². The largest absolute Gasteiger partial charge is 0.456 e. The van der Waals surface area contributed by atoms with Crippen molar-refractivity contribution >= 4 is 57.2 Å². The number of rotatable bonds is 5. The summed E-state index contributed by atoms with van der Waals surface area (Å²) < 4.78 is 5.27. The fourth-order valence-corrected chi connectivity index (χ4v) is 3.50. The van der Waals surface area contributed by atoms with Gasteiger partial charge in [0.25, 0.3) is 0 Å². The highest BCUT2D eigenvalue weighted by Crippen LogP contribution is 2.30. The summed E-state index contributed by atoms with van der Waals surface area (Å²) in [6, 6.07) is 13.4. The summed E-state index contributed by atoms with van der Waals surface area (Å²) in [7, 11) is 0. The first kappa shape index (κ1) is 19.4. The molecule has 8 heteroatoms. The Bertz CT molecular complexity index is 973. The zero-order chi connectivity index (χ0) is 19.4. The molecule has 0 unspecified atom stereocenters. The summed E-state index contributed by atoms with van der Waals surface area (Å²) in [6.07, 6.45) is 0. The normalized spacial score (nSPS) is 10.5. The molecular weight excluding hydrogens is 407 g/mol. The highest BCUT2D eigenvalue weighted by Gasteiger charge is 2.18. The van der Waals surface area contributed by atoms with Crippen molar-refractivity contribution in [3.63, 3.8) is 0 Å². The monoisotopic (exact) mass is 420 g/mol. The second-order valence-corrected chi connectivity index (χ2v) is 7.25. The van der Waals surface area contributed by atoms with Crippen LogP contribution in [0, 0.1) is 0 Å². The highest BCUT2D eigenvalue weighted by atomic mass is 35.5. The van der Waals surface area contributed by atoms with Gasteiger partial charge in [0.2, 0.25) is 5.91 Å². The van der Waals surface area contributed by atoms with Crippen LogP contribution in [0.25, 0.3) is 0 Å². The lowest BCUT2D eigenvalue weighted by Gasteiger charge is -2.18. The fourth-order valence-electron chi connectivity index (χ4n) is 2.32. The summed E-state index contributed by atoms with van der Waals surface area (Å²) in [5, 5.41) is 3.28. The molecule has 0 fully saturated rings. The number of esters is 1. The van der Waals surface area contributed by atoms with E-state index in [4.69, 9.17) is 27.9 Å². The Morgan fingerprint density at radius 1 is 1.11 bits per heavy atom. The summed E-state index contributed by atoms with van der Waals surface area (Å²) in [6.45, 7) is 1.45. The number of aromatic nitrogens is 1. The number of amides is 1. The quantitative estimate of drug-likeness (QED) is 0.511. The molecule has 5 nitrogen and oxygen atoms in total. The van der Waals surface area contributed by atoms with Crippen LogP contribution in [0.15, 0.2) is 53.9 Å². The van der Waals surface area contributed by atoms with Crippen molar-refractivity contribution in [3.05, 3.63) is 75.2 Å². The van der Waals surface area contributed by atoms with E-state index in [1.807, 2.05) is 0 Å². The third kappa shape index (κ3) is 4.86. The first-order valence-corrected chi connectivity index (χ1v) is 9.51. The van der Waals surface area contributed by atoms with E-state index in [0.717, 1.165) is 0 Å². The Morgan fingerprint density at radius 2 is 1.85 bits per heavy atom. The number of nitrogens with zero attached hydrogens (tertiary/aromatic N) is 2. The molecule has 0 radical (unpaired) electrons. The standard InChI is InChI=1S/C19H14Cl2N2O3S/c1-12(24)23(17-4-2-3-15(21)9-17)19-22-16(11-27-19)10-26-18(25)13-5-7-14(20)8-6-13/h2-9,11H,10H2,1H3. The van der Waals surface area contributed by atoms with Gasteiger partial charge in [0, 0.05) is 22.3 Å². The van der Waals surface area contributed by atoms with Gasteiger partial charge < -0.3 is 4.74 Å². The summed E-state index contributed by atoms with van der Waals surface area (Å²) >= 11 is 13.1. The van der Waals surface area contributed by atoms with E-state index in [9.17, 15) is 9.59 Å². The first-order chi connectivity index (χ1) is 12.9. The van der Waals surface area contributed by atoms with Gasteiger partial charge in [0.05, 0.1) is 16.9 Å². The predicted molar refractivity (Wildman–Crippen MR) is 107 cm³/mol. The fraction of sp³-hybridized carbons (Fsp3) is 0.105. The SMILES string of the molecule is CC(=O)N(c1cccc(Cl)c1)c1nc(COC(=O)c2ccc(Cl)cc2)cs1. The van der Waals surface area contributed by atoms with E-state index < -0.39 is 5.97 Å². The molecule has 0 N–H and O–H groups in total. The molecule has 1 aromatic heterocycles. The number of thiazole rings is 1. The third-order valence-electron chi connectivity index (χ3n) is 3.54. The topological polar surface area (TPSA) is 59.5 Å². The van der Waals surface area contributed by atoms with E-state index in [1.54, 1.807) is 53.9 Å². The molecule has 138 valence electrons. The maximum Gasteiger partial charge on any atom is 0.338 e. The van der Waals surface area contributed by atoms with Crippen molar-refractivity contribution in [1.82, 2.24) is 4.98 Å². The lowest BCUT2D eigenvalue weighted by molar-refractivity contribution is -0.115. The molecular formula is C19H14Cl2N2O3S. The number of carbonyl (C=O) groups is 2. The van der Waals surface area contributed by atoms with E-state index in [2.05, 4.69) is 4.98 Å². The molecule has 3 aromatic rings. The Balaban J connectivity index is 1.72. The number of benzene rings is 2. The Kier molecular flexibility index (Phi) is 6.11. The van der Waals surface area contributed by atoms with Crippen LogP contribution in [0.4, 0.5) is 10.8 Å². The maximum absolute atomic E-state index is 12.1. The molecule has 0 aliphatic heterocycles. The van der Waals surface area contributed by atoms with Crippen LogP contribution in [0.5, 0.6) is 0 Å². The van der Waals surface area contributed by atoms with Crippen LogP contribution in [-0.2, 0) is 16.1 Å². The predicted octanol–water partition coefficient (Wildman–Crippen LogP) is 5.49. The van der Waals surface area contributed by atoms with Crippen molar-refractivity contribution in [3.8, 4) is 0 Å². The van der Waals surface area contributed by atoms with Crippen molar-refractivity contribution in [2.45, 2.75) is 13.5 Å². The minimum Gasteiger partial charge on any atom is -0.456 e. The minimum atomic E-state index is -0.473. The Labute approximate surface area is 170 Å². The van der Waals surface area contributed by atoms with Crippen LogP contribution in [0.2, 0.25) is 10.0 Å². The van der Waals surface area contributed by atoms with Crippen LogP contribution in [0.3, 0.4) is 0 Å². The molecule has 0 saturated heterocycles. The van der Waals surface area contributed by atoms with Gasteiger partial charge >= 0.3 is 5.97 Å². The molecule has 0 aliphatic carbocycles. The van der Waals surface area contributed by atoms with Crippen molar-refractivity contribution in [1.29, 1.82) is 0 Å². The minimum absolute atomic E-state index is 0.000744.